The van der Waals surface area contributed by atoms with Gasteiger partial charge in [0.2, 0.25) is 0 Å². The summed E-state index contributed by atoms with van der Waals surface area (Å²) >= 11 is 0. The number of carbonyl (C=O) groups excluding carboxylic acids is 1. The molecule has 0 aromatic heterocycles. The molecule has 1 amide bonds. The van der Waals surface area contributed by atoms with E-state index in [2.05, 4.69) is 5.32 Å². The number of benzene rings is 2. The molecule has 2 aromatic rings. The van der Waals surface area contributed by atoms with Gasteiger partial charge in [0.25, 0.3) is 5.91 Å². The van der Waals surface area contributed by atoms with Gasteiger partial charge in [-0.2, -0.15) is 0 Å². The lowest BCUT2D eigenvalue weighted by Gasteiger charge is -2.08. The van der Waals surface area contributed by atoms with Crippen LogP contribution in [-0.4, -0.2) is 11.0 Å². The lowest BCUT2D eigenvalue weighted by atomic mass is 10.1. The lowest BCUT2D eigenvalue weighted by Crippen LogP contribution is -2.16. The molecule has 0 heterocycles. The van der Waals surface area contributed by atoms with Crippen LogP contribution in [0.5, 0.6) is 0 Å². The zero-order chi connectivity index (χ0) is 14.7. The minimum absolute atomic E-state index is 0.157. The van der Waals surface area contributed by atoms with Crippen molar-refractivity contribution in [2.75, 3.05) is 5.32 Å². The number of carbonyl (C=O) groups is 1. The number of nitrogens with one attached hydrogen (secondary N) is 1. The minimum atomic E-state index is -1.27. The van der Waals surface area contributed by atoms with Crippen molar-refractivity contribution in [2.45, 2.75) is 6.61 Å². The molecule has 6 heteroatoms. The van der Waals surface area contributed by atoms with E-state index in [-0.39, 0.29) is 6.61 Å². The SMILES string of the molecule is O=C(Nc1ccc(CO)cc1)c1c(F)cc(F)cc1F. The standard InChI is InChI=1S/C14H10F3NO2/c15-9-5-11(16)13(12(17)6-9)14(20)18-10-3-1-8(7-19)2-4-10/h1-6,19H,7H2,(H,18,20). The second-order valence-corrected chi connectivity index (χ2v) is 4.05. The number of aliphatic hydroxyl groups excluding tert-OH is 1. The summed E-state index contributed by atoms with van der Waals surface area (Å²) in [5.74, 6) is -4.65. The van der Waals surface area contributed by atoms with Gasteiger partial charge in [0.05, 0.1) is 6.61 Å². The third-order valence-corrected chi connectivity index (χ3v) is 2.63. The van der Waals surface area contributed by atoms with Crippen molar-refractivity contribution < 1.29 is 23.1 Å². The highest BCUT2D eigenvalue weighted by Crippen LogP contribution is 2.17. The molecular formula is C14H10F3NO2. The molecule has 0 saturated carbocycles. The monoisotopic (exact) mass is 281 g/mol. The van der Waals surface area contributed by atoms with Crippen LogP contribution >= 0.6 is 0 Å². The maximum Gasteiger partial charge on any atom is 0.261 e. The smallest absolute Gasteiger partial charge is 0.261 e. The van der Waals surface area contributed by atoms with E-state index in [0.29, 0.717) is 23.4 Å². The molecule has 2 rings (SSSR count). The van der Waals surface area contributed by atoms with E-state index in [1.54, 1.807) is 12.1 Å². The fourth-order valence-corrected chi connectivity index (χ4v) is 1.65. The molecule has 0 radical (unpaired) electrons. The second kappa shape index (κ2) is 5.75. The normalized spacial score (nSPS) is 10.4. The van der Waals surface area contributed by atoms with Gasteiger partial charge in [0.1, 0.15) is 23.0 Å². The van der Waals surface area contributed by atoms with Gasteiger partial charge in [0, 0.05) is 17.8 Å². The quantitative estimate of drug-likeness (QED) is 0.909. The van der Waals surface area contributed by atoms with Crippen molar-refractivity contribution in [2.24, 2.45) is 0 Å². The topological polar surface area (TPSA) is 49.3 Å². The molecule has 3 nitrogen and oxygen atoms in total. The van der Waals surface area contributed by atoms with Gasteiger partial charge in [0.15, 0.2) is 0 Å². The Balaban J connectivity index is 2.23. The highest BCUT2D eigenvalue weighted by Gasteiger charge is 2.19. The largest absolute Gasteiger partial charge is 0.392 e. The summed E-state index contributed by atoms with van der Waals surface area (Å²) in [5.41, 5.74) is 0.0788. The van der Waals surface area contributed by atoms with Crippen molar-refractivity contribution in [3.63, 3.8) is 0 Å². The van der Waals surface area contributed by atoms with Crippen molar-refractivity contribution >= 4 is 11.6 Å². The number of anilines is 1. The summed E-state index contributed by atoms with van der Waals surface area (Å²) in [7, 11) is 0. The molecule has 0 aliphatic rings. The number of halogens is 3. The van der Waals surface area contributed by atoms with Crippen LogP contribution in [0.4, 0.5) is 18.9 Å². The van der Waals surface area contributed by atoms with Crippen molar-refractivity contribution in [1.29, 1.82) is 0 Å². The van der Waals surface area contributed by atoms with Gasteiger partial charge < -0.3 is 10.4 Å². The molecule has 0 aliphatic heterocycles. The highest BCUT2D eigenvalue weighted by atomic mass is 19.1. The van der Waals surface area contributed by atoms with E-state index in [1.807, 2.05) is 0 Å². The Morgan fingerprint density at radius 1 is 1.05 bits per heavy atom. The Morgan fingerprint density at radius 3 is 2.10 bits per heavy atom. The van der Waals surface area contributed by atoms with Crippen LogP contribution in [0, 0.1) is 17.5 Å². The molecule has 0 spiro atoms. The maximum atomic E-state index is 13.4. The Kier molecular flexibility index (Phi) is 4.05. The second-order valence-electron chi connectivity index (χ2n) is 4.05. The summed E-state index contributed by atoms with van der Waals surface area (Å²) in [6.45, 7) is -0.157. The Labute approximate surface area is 112 Å². The average molecular weight is 281 g/mol. The molecule has 0 fully saturated rings. The predicted octanol–water partition coefficient (Wildman–Crippen LogP) is 2.85. The van der Waals surface area contributed by atoms with Crippen LogP contribution < -0.4 is 5.32 Å². The molecule has 104 valence electrons. The van der Waals surface area contributed by atoms with Gasteiger partial charge >= 0.3 is 0 Å². The number of hydrogen-bond donors (Lipinski definition) is 2. The molecule has 0 atom stereocenters. The molecule has 0 saturated heterocycles. The van der Waals surface area contributed by atoms with Gasteiger partial charge in [-0.3, -0.25) is 4.79 Å². The number of amides is 1. The summed E-state index contributed by atoms with van der Waals surface area (Å²) in [4.78, 5) is 11.8. The first kappa shape index (κ1) is 14.1. The summed E-state index contributed by atoms with van der Waals surface area (Å²) in [5, 5.41) is 11.2. The number of aliphatic hydroxyl groups is 1. The fraction of sp³-hybridized carbons (Fsp3) is 0.0714. The van der Waals surface area contributed by atoms with E-state index in [1.165, 1.54) is 12.1 Å². The number of hydrogen-bond acceptors (Lipinski definition) is 2. The fourth-order valence-electron chi connectivity index (χ4n) is 1.65. The van der Waals surface area contributed by atoms with Crippen molar-refractivity contribution in [3.05, 3.63) is 65.0 Å². The van der Waals surface area contributed by atoms with Gasteiger partial charge in [-0.15, -0.1) is 0 Å². The van der Waals surface area contributed by atoms with E-state index < -0.39 is 28.9 Å². The van der Waals surface area contributed by atoms with Crippen LogP contribution in [0.2, 0.25) is 0 Å². The Hall–Kier alpha value is -2.34. The molecule has 2 aromatic carbocycles. The Bertz CT molecular complexity index is 618. The third-order valence-electron chi connectivity index (χ3n) is 2.63. The molecule has 2 N–H and O–H groups in total. The Morgan fingerprint density at radius 2 is 1.60 bits per heavy atom. The maximum absolute atomic E-state index is 13.4. The molecule has 0 unspecified atom stereocenters. The van der Waals surface area contributed by atoms with E-state index in [4.69, 9.17) is 5.11 Å². The highest BCUT2D eigenvalue weighted by molar-refractivity contribution is 6.04. The van der Waals surface area contributed by atoms with Crippen LogP contribution in [0.25, 0.3) is 0 Å². The average Bonchev–Trinajstić information content (AvgIpc) is 2.38. The summed E-state index contributed by atoms with van der Waals surface area (Å²) in [6, 6.07) is 6.92. The third kappa shape index (κ3) is 2.97. The van der Waals surface area contributed by atoms with Gasteiger partial charge in [-0.25, -0.2) is 13.2 Å². The van der Waals surface area contributed by atoms with Gasteiger partial charge in [-0.1, -0.05) is 12.1 Å². The van der Waals surface area contributed by atoms with Gasteiger partial charge in [-0.05, 0) is 17.7 Å². The molecule has 0 aliphatic carbocycles. The molecule has 0 bridgehead atoms. The molecular weight excluding hydrogens is 271 g/mol. The van der Waals surface area contributed by atoms with Crippen LogP contribution in [-0.2, 0) is 6.61 Å². The van der Waals surface area contributed by atoms with E-state index in [9.17, 15) is 18.0 Å². The minimum Gasteiger partial charge on any atom is -0.392 e. The van der Waals surface area contributed by atoms with Crippen LogP contribution in [0.15, 0.2) is 36.4 Å². The van der Waals surface area contributed by atoms with Crippen molar-refractivity contribution in [1.82, 2.24) is 0 Å². The predicted molar refractivity (Wildman–Crippen MR) is 66.6 cm³/mol. The summed E-state index contributed by atoms with van der Waals surface area (Å²) in [6.07, 6.45) is 0. The zero-order valence-corrected chi connectivity index (χ0v) is 10.2. The van der Waals surface area contributed by atoms with Crippen LogP contribution in [0.1, 0.15) is 15.9 Å². The lowest BCUT2D eigenvalue weighted by molar-refractivity contribution is 0.101. The molecule has 20 heavy (non-hydrogen) atoms. The number of rotatable bonds is 3. The first-order valence-electron chi connectivity index (χ1n) is 5.67. The van der Waals surface area contributed by atoms with Crippen molar-refractivity contribution in [3.8, 4) is 0 Å². The van der Waals surface area contributed by atoms with E-state index >= 15 is 0 Å². The zero-order valence-electron chi connectivity index (χ0n) is 10.2. The first-order valence-corrected chi connectivity index (χ1v) is 5.67. The van der Waals surface area contributed by atoms with E-state index in [0.717, 1.165) is 0 Å². The summed E-state index contributed by atoms with van der Waals surface area (Å²) < 4.78 is 39.6. The first-order chi connectivity index (χ1) is 9.51. The van der Waals surface area contributed by atoms with Crippen LogP contribution in [0.3, 0.4) is 0 Å².